The highest BCUT2D eigenvalue weighted by Crippen LogP contribution is 2.46. The van der Waals surface area contributed by atoms with Crippen LogP contribution in [0.5, 0.6) is 11.5 Å². The average molecular weight is 342 g/mol. The third-order valence-electron chi connectivity index (χ3n) is 5.71. The minimum Gasteiger partial charge on any atom is -0.507 e. The molecule has 0 unspecified atom stereocenters. The van der Waals surface area contributed by atoms with Gasteiger partial charge in [-0.25, -0.2) is 0 Å². The number of aryl methyl sites for hydroxylation is 3. The summed E-state index contributed by atoms with van der Waals surface area (Å²) in [6.07, 6.45) is 0. The van der Waals surface area contributed by atoms with Crippen LogP contribution in [0, 0.1) is 27.7 Å². The first-order valence-electron chi connectivity index (χ1n) is 8.85. The van der Waals surface area contributed by atoms with E-state index in [1.54, 1.807) is 0 Å². The van der Waals surface area contributed by atoms with Crippen LogP contribution in [0.15, 0.2) is 48.5 Å². The standard InChI is InChI=1S/C24H22O2/c1-13-9-11-19-21(14(13)2)15(3)16(4)22(24(19)26)20-12-10-17-7-5-6-8-18(17)23(20)25/h5-12,25-26H,1-4H3. The van der Waals surface area contributed by atoms with Crippen LogP contribution < -0.4 is 0 Å². The number of hydrogen-bond acceptors (Lipinski definition) is 2. The minimum atomic E-state index is 0.212. The highest BCUT2D eigenvalue weighted by atomic mass is 16.3. The van der Waals surface area contributed by atoms with Gasteiger partial charge in [-0.1, -0.05) is 42.5 Å². The minimum absolute atomic E-state index is 0.212. The van der Waals surface area contributed by atoms with E-state index in [2.05, 4.69) is 20.8 Å². The topological polar surface area (TPSA) is 40.5 Å². The summed E-state index contributed by atoms with van der Waals surface area (Å²) in [5.74, 6) is 0.445. The maximum atomic E-state index is 11.1. The van der Waals surface area contributed by atoms with Gasteiger partial charge in [0.25, 0.3) is 0 Å². The molecule has 0 heterocycles. The molecule has 0 atom stereocenters. The van der Waals surface area contributed by atoms with Crippen LogP contribution >= 0.6 is 0 Å². The average Bonchev–Trinajstić information content (AvgIpc) is 2.64. The SMILES string of the molecule is Cc1ccc2c(O)c(-c3ccc4ccccc4c3O)c(C)c(C)c2c1C. The lowest BCUT2D eigenvalue weighted by molar-refractivity contribution is 0.475. The van der Waals surface area contributed by atoms with Crippen LogP contribution in [-0.2, 0) is 0 Å². The zero-order valence-corrected chi connectivity index (χ0v) is 15.5. The van der Waals surface area contributed by atoms with Crippen molar-refractivity contribution in [2.24, 2.45) is 0 Å². The molecule has 26 heavy (non-hydrogen) atoms. The van der Waals surface area contributed by atoms with Crippen molar-refractivity contribution in [1.29, 1.82) is 0 Å². The number of phenols is 2. The van der Waals surface area contributed by atoms with Crippen molar-refractivity contribution in [2.45, 2.75) is 27.7 Å². The van der Waals surface area contributed by atoms with Crippen molar-refractivity contribution < 1.29 is 10.2 Å². The van der Waals surface area contributed by atoms with Crippen LogP contribution in [0.2, 0.25) is 0 Å². The fourth-order valence-electron chi connectivity index (χ4n) is 3.97. The monoisotopic (exact) mass is 342 g/mol. The highest BCUT2D eigenvalue weighted by Gasteiger charge is 2.20. The summed E-state index contributed by atoms with van der Waals surface area (Å²) in [4.78, 5) is 0. The summed E-state index contributed by atoms with van der Waals surface area (Å²) < 4.78 is 0. The summed E-state index contributed by atoms with van der Waals surface area (Å²) in [6, 6.07) is 15.6. The molecule has 0 radical (unpaired) electrons. The molecule has 0 aliphatic heterocycles. The van der Waals surface area contributed by atoms with Crippen LogP contribution in [0.25, 0.3) is 32.7 Å². The lowest BCUT2D eigenvalue weighted by Crippen LogP contribution is -1.95. The molecule has 0 amide bonds. The molecule has 0 aromatic heterocycles. The fraction of sp³-hybridized carbons (Fsp3) is 0.167. The molecule has 0 aliphatic carbocycles. The molecule has 4 rings (SSSR count). The van der Waals surface area contributed by atoms with Crippen LogP contribution in [0.3, 0.4) is 0 Å². The molecule has 0 fully saturated rings. The first-order valence-corrected chi connectivity index (χ1v) is 8.85. The smallest absolute Gasteiger partial charge is 0.131 e. The molecule has 2 nitrogen and oxygen atoms in total. The summed E-state index contributed by atoms with van der Waals surface area (Å²) >= 11 is 0. The van der Waals surface area contributed by atoms with E-state index in [1.807, 2.05) is 55.5 Å². The van der Waals surface area contributed by atoms with Gasteiger partial charge in [0.05, 0.1) is 0 Å². The van der Waals surface area contributed by atoms with Gasteiger partial charge >= 0.3 is 0 Å². The number of aromatic hydroxyl groups is 2. The summed E-state index contributed by atoms with van der Waals surface area (Å²) in [6.45, 7) is 8.28. The predicted octanol–water partition coefficient (Wildman–Crippen LogP) is 6.30. The van der Waals surface area contributed by atoms with E-state index in [0.29, 0.717) is 11.1 Å². The molecule has 4 aromatic rings. The zero-order valence-electron chi connectivity index (χ0n) is 15.5. The zero-order chi connectivity index (χ0) is 18.6. The van der Waals surface area contributed by atoms with Gasteiger partial charge in [0.1, 0.15) is 11.5 Å². The van der Waals surface area contributed by atoms with E-state index in [1.165, 1.54) is 11.1 Å². The summed E-state index contributed by atoms with van der Waals surface area (Å²) in [7, 11) is 0. The molecule has 0 aliphatic rings. The Balaban J connectivity index is 2.14. The van der Waals surface area contributed by atoms with Crippen molar-refractivity contribution in [2.75, 3.05) is 0 Å². The normalized spacial score (nSPS) is 11.4. The maximum Gasteiger partial charge on any atom is 0.131 e. The molecular weight excluding hydrogens is 320 g/mol. The van der Waals surface area contributed by atoms with Gasteiger partial charge in [-0.15, -0.1) is 0 Å². The van der Waals surface area contributed by atoms with Crippen molar-refractivity contribution in [3.8, 4) is 22.6 Å². The van der Waals surface area contributed by atoms with Crippen molar-refractivity contribution in [3.63, 3.8) is 0 Å². The van der Waals surface area contributed by atoms with Gasteiger partial charge in [-0.2, -0.15) is 0 Å². The van der Waals surface area contributed by atoms with Crippen LogP contribution in [0.4, 0.5) is 0 Å². The van der Waals surface area contributed by atoms with Crippen molar-refractivity contribution in [1.82, 2.24) is 0 Å². The quantitative estimate of drug-likeness (QED) is 0.426. The number of fused-ring (bicyclic) bond motifs is 2. The second kappa shape index (κ2) is 5.77. The van der Waals surface area contributed by atoms with E-state index in [4.69, 9.17) is 0 Å². The molecule has 2 N–H and O–H groups in total. The van der Waals surface area contributed by atoms with Crippen molar-refractivity contribution in [3.05, 3.63) is 70.8 Å². The third-order valence-corrected chi connectivity index (χ3v) is 5.71. The molecule has 0 saturated heterocycles. The Morgan fingerprint density at radius 1 is 0.615 bits per heavy atom. The predicted molar refractivity (Wildman–Crippen MR) is 109 cm³/mol. The third kappa shape index (κ3) is 2.19. The van der Waals surface area contributed by atoms with E-state index >= 15 is 0 Å². The van der Waals surface area contributed by atoms with Gasteiger partial charge in [0, 0.05) is 21.9 Å². The fourth-order valence-corrected chi connectivity index (χ4v) is 3.97. The van der Waals surface area contributed by atoms with E-state index < -0.39 is 0 Å². The summed E-state index contributed by atoms with van der Waals surface area (Å²) in [5, 5.41) is 25.7. The van der Waals surface area contributed by atoms with Crippen LogP contribution in [0.1, 0.15) is 22.3 Å². The number of phenolic OH excluding ortho intramolecular Hbond substituents is 2. The Morgan fingerprint density at radius 2 is 1.35 bits per heavy atom. The lowest BCUT2D eigenvalue weighted by Gasteiger charge is -2.19. The van der Waals surface area contributed by atoms with E-state index in [9.17, 15) is 10.2 Å². The highest BCUT2D eigenvalue weighted by molar-refractivity contribution is 6.04. The Labute approximate surface area is 153 Å². The van der Waals surface area contributed by atoms with Gasteiger partial charge in [0.2, 0.25) is 0 Å². The Hall–Kier alpha value is -3.00. The molecule has 0 bridgehead atoms. The molecule has 4 aromatic carbocycles. The Bertz CT molecular complexity index is 1190. The molecule has 0 spiro atoms. The van der Waals surface area contributed by atoms with Crippen LogP contribution in [-0.4, -0.2) is 10.2 Å². The first kappa shape index (κ1) is 16.5. The molecule has 2 heteroatoms. The van der Waals surface area contributed by atoms with E-state index in [-0.39, 0.29) is 11.5 Å². The second-order valence-electron chi connectivity index (χ2n) is 7.09. The second-order valence-corrected chi connectivity index (χ2v) is 7.09. The Morgan fingerprint density at radius 3 is 2.12 bits per heavy atom. The lowest BCUT2D eigenvalue weighted by atomic mass is 9.87. The van der Waals surface area contributed by atoms with Gasteiger partial charge < -0.3 is 10.2 Å². The Kier molecular flexibility index (Phi) is 3.66. The maximum absolute atomic E-state index is 11.1. The van der Waals surface area contributed by atoms with Gasteiger partial charge in [0.15, 0.2) is 0 Å². The van der Waals surface area contributed by atoms with Gasteiger partial charge in [-0.3, -0.25) is 0 Å². The number of benzene rings is 4. The summed E-state index contributed by atoms with van der Waals surface area (Å²) in [5.41, 5.74) is 5.91. The largest absolute Gasteiger partial charge is 0.507 e. The van der Waals surface area contributed by atoms with Gasteiger partial charge in [-0.05, 0) is 66.8 Å². The molecular formula is C24H22O2. The van der Waals surface area contributed by atoms with Crippen molar-refractivity contribution >= 4 is 21.5 Å². The van der Waals surface area contributed by atoms with E-state index in [0.717, 1.165) is 32.7 Å². The molecule has 130 valence electrons. The number of rotatable bonds is 1. The first-order chi connectivity index (χ1) is 12.4. The molecule has 0 saturated carbocycles. The number of hydrogen-bond donors (Lipinski definition) is 2.